The van der Waals surface area contributed by atoms with Gasteiger partial charge in [0.2, 0.25) is 0 Å². The highest BCUT2D eigenvalue weighted by molar-refractivity contribution is 5.93. The first-order chi connectivity index (χ1) is 14.0. The van der Waals surface area contributed by atoms with Crippen LogP contribution in [0.5, 0.6) is 17.2 Å². The van der Waals surface area contributed by atoms with Gasteiger partial charge in [0.05, 0.1) is 13.2 Å². The number of halogens is 2. The van der Waals surface area contributed by atoms with Crippen molar-refractivity contribution in [2.75, 3.05) is 26.4 Å². The molecule has 0 aliphatic carbocycles. The monoisotopic (exact) mass is 409 g/mol. The van der Waals surface area contributed by atoms with Gasteiger partial charge in [-0.15, -0.1) is 0 Å². The first-order valence-corrected chi connectivity index (χ1v) is 8.83. The zero-order chi connectivity index (χ0) is 21.1. The Morgan fingerprint density at radius 1 is 1.00 bits per heavy atom. The number of carbonyl (C=O) groups is 2. The highest BCUT2D eigenvalue weighted by Gasteiger charge is 2.17. The van der Waals surface area contributed by atoms with E-state index in [2.05, 4.69) is 10.1 Å². The second-order valence-corrected chi connectivity index (χ2v) is 5.55. The quantitative estimate of drug-likeness (QED) is 0.454. The molecule has 0 aliphatic heterocycles. The Kier molecular flexibility index (Phi) is 8.68. The van der Waals surface area contributed by atoms with E-state index in [-0.39, 0.29) is 24.5 Å². The van der Waals surface area contributed by atoms with Gasteiger partial charge in [0, 0.05) is 0 Å². The van der Waals surface area contributed by atoms with Crippen molar-refractivity contribution in [3.05, 3.63) is 54.1 Å². The SMILES string of the molecule is CCOc1ccc(OCCNC(=O)COC(=O)c2ccccc2OC(F)F)cc1. The van der Waals surface area contributed by atoms with E-state index in [1.165, 1.54) is 24.3 Å². The summed E-state index contributed by atoms with van der Waals surface area (Å²) in [5.41, 5.74) is -0.195. The normalized spacial score (nSPS) is 10.3. The molecule has 0 heterocycles. The minimum atomic E-state index is -3.08. The van der Waals surface area contributed by atoms with E-state index in [1.54, 1.807) is 24.3 Å². The Bertz CT molecular complexity index is 798. The molecule has 0 aliphatic rings. The topological polar surface area (TPSA) is 83.1 Å². The lowest BCUT2D eigenvalue weighted by Crippen LogP contribution is -2.32. The minimum Gasteiger partial charge on any atom is -0.494 e. The lowest BCUT2D eigenvalue weighted by Gasteiger charge is -2.11. The van der Waals surface area contributed by atoms with Gasteiger partial charge in [0.25, 0.3) is 5.91 Å². The van der Waals surface area contributed by atoms with Crippen LogP contribution in [0.2, 0.25) is 0 Å². The van der Waals surface area contributed by atoms with Gasteiger partial charge in [-0.3, -0.25) is 4.79 Å². The molecule has 0 aromatic heterocycles. The highest BCUT2D eigenvalue weighted by Crippen LogP contribution is 2.21. The zero-order valence-corrected chi connectivity index (χ0v) is 15.7. The van der Waals surface area contributed by atoms with Crippen LogP contribution in [0.3, 0.4) is 0 Å². The number of para-hydroxylation sites is 1. The van der Waals surface area contributed by atoms with E-state index < -0.39 is 25.1 Å². The predicted molar refractivity (Wildman–Crippen MR) is 99.5 cm³/mol. The summed E-state index contributed by atoms with van der Waals surface area (Å²) < 4.78 is 44.6. The van der Waals surface area contributed by atoms with Crippen molar-refractivity contribution in [3.8, 4) is 17.2 Å². The number of esters is 1. The van der Waals surface area contributed by atoms with Crippen molar-refractivity contribution in [1.82, 2.24) is 5.32 Å². The largest absolute Gasteiger partial charge is 0.494 e. The first-order valence-electron chi connectivity index (χ1n) is 8.83. The molecular weight excluding hydrogens is 388 g/mol. The van der Waals surface area contributed by atoms with E-state index in [9.17, 15) is 18.4 Å². The number of carbonyl (C=O) groups excluding carboxylic acids is 2. The Balaban J connectivity index is 1.70. The van der Waals surface area contributed by atoms with Gasteiger partial charge in [0.15, 0.2) is 6.61 Å². The number of nitrogens with one attached hydrogen (secondary N) is 1. The fourth-order valence-electron chi connectivity index (χ4n) is 2.25. The molecule has 0 saturated heterocycles. The Hall–Kier alpha value is -3.36. The maximum Gasteiger partial charge on any atom is 0.387 e. The Morgan fingerprint density at radius 2 is 1.66 bits per heavy atom. The third kappa shape index (κ3) is 7.65. The number of benzene rings is 2. The van der Waals surface area contributed by atoms with E-state index in [0.29, 0.717) is 12.4 Å². The fraction of sp³-hybridized carbons (Fsp3) is 0.300. The second kappa shape index (κ2) is 11.5. The van der Waals surface area contributed by atoms with Crippen LogP contribution in [0, 0.1) is 0 Å². The van der Waals surface area contributed by atoms with Crippen LogP contribution < -0.4 is 19.5 Å². The van der Waals surface area contributed by atoms with Crippen molar-refractivity contribution in [3.63, 3.8) is 0 Å². The number of amides is 1. The summed E-state index contributed by atoms with van der Waals surface area (Å²) in [5, 5.41) is 2.52. The molecule has 0 fully saturated rings. The summed E-state index contributed by atoms with van der Waals surface area (Å²) in [6.45, 7) is -0.789. The van der Waals surface area contributed by atoms with Gasteiger partial charge in [-0.2, -0.15) is 8.78 Å². The summed E-state index contributed by atoms with van der Waals surface area (Å²) in [7, 11) is 0. The van der Waals surface area contributed by atoms with Gasteiger partial charge in [-0.05, 0) is 43.3 Å². The van der Waals surface area contributed by atoms with E-state index in [4.69, 9.17) is 14.2 Å². The number of hydrogen-bond donors (Lipinski definition) is 1. The lowest BCUT2D eigenvalue weighted by atomic mass is 10.2. The average molecular weight is 409 g/mol. The fourth-order valence-corrected chi connectivity index (χ4v) is 2.25. The Morgan fingerprint density at radius 3 is 2.31 bits per heavy atom. The predicted octanol–water partition coefficient (Wildman–Crippen LogP) is 3.04. The molecule has 7 nitrogen and oxygen atoms in total. The molecule has 0 spiro atoms. The van der Waals surface area contributed by atoms with Crippen LogP contribution in [0.25, 0.3) is 0 Å². The lowest BCUT2D eigenvalue weighted by molar-refractivity contribution is -0.124. The van der Waals surface area contributed by atoms with Crippen LogP contribution in [0.15, 0.2) is 48.5 Å². The average Bonchev–Trinajstić information content (AvgIpc) is 2.71. The van der Waals surface area contributed by atoms with E-state index in [0.717, 1.165) is 5.75 Å². The maximum absolute atomic E-state index is 12.4. The van der Waals surface area contributed by atoms with Crippen molar-refractivity contribution >= 4 is 11.9 Å². The van der Waals surface area contributed by atoms with Gasteiger partial charge in [-0.1, -0.05) is 12.1 Å². The van der Waals surface area contributed by atoms with Crippen molar-refractivity contribution < 1.29 is 37.3 Å². The molecular formula is C20H21F2NO6. The third-order valence-corrected chi connectivity index (χ3v) is 3.49. The molecule has 1 N–H and O–H groups in total. The van der Waals surface area contributed by atoms with Crippen LogP contribution in [0.1, 0.15) is 17.3 Å². The molecule has 0 atom stereocenters. The molecule has 156 valence electrons. The summed E-state index contributed by atoms with van der Waals surface area (Å²) in [6, 6.07) is 12.4. The van der Waals surface area contributed by atoms with Gasteiger partial charge in [0.1, 0.15) is 29.4 Å². The molecule has 0 saturated carbocycles. The smallest absolute Gasteiger partial charge is 0.387 e. The van der Waals surface area contributed by atoms with Crippen LogP contribution in [-0.2, 0) is 9.53 Å². The summed E-state index contributed by atoms with van der Waals surface area (Å²) in [5.74, 6) is -0.472. The zero-order valence-electron chi connectivity index (χ0n) is 15.7. The number of rotatable bonds is 11. The van der Waals surface area contributed by atoms with Gasteiger partial charge >= 0.3 is 12.6 Å². The summed E-state index contributed by atoms with van der Waals surface area (Å²) in [4.78, 5) is 23.7. The van der Waals surface area contributed by atoms with Crippen molar-refractivity contribution in [2.45, 2.75) is 13.5 Å². The molecule has 2 aromatic carbocycles. The van der Waals surface area contributed by atoms with Crippen molar-refractivity contribution in [1.29, 1.82) is 0 Å². The van der Waals surface area contributed by atoms with Crippen molar-refractivity contribution in [2.24, 2.45) is 0 Å². The third-order valence-electron chi connectivity index (χ3n) is 3.49. The molecule has 0 unspecified atom stereocenters. The Labute approximate surface area is 166 Å². The maximum atomic E-state index is 12.4. The van der Waals surface area contributed by atoms with E-state index in [1.807, 2.05) is 6.92 Å². The second-order valence-electron chi connectivity index (χ2n) is 5.55. The van der Waals surface area contributed by atoms with Gasteiger partial charge < -0.3 is 24.3 Å². The van der Waals surface area contributed by atoms with Crippen LogP contribution in [-0.4, -0.2) is 44.9 Å². The van der Waals surface area contributed by atoms with Crippen LogP contribution in [0.4, 0.5) is 8.78 Å². The molecule has 0 radical (unpaired) electrons. The van der Waals surface area contributed by atoms with E-state index >= 15 is 0 Å². The molecule has 1 amide bonds. The summed E-state index contributed by atoms with van der Waals surface area (Å²) >= 11 is 0. The van der Waals surface area contributed by atoms with Crippen LogP contribution >= 0.6 is 0 Å². The first kappa shape index (κ1) is 21.9. The molecule has 9 heteroatoms. The molecule has 2 rings (SSSR count). The highest BCUT2D eigenvalue weighted by atomic mass is 19.3. The number of hydrogen-bond acceptors (Lipinski definition) is 6. The number of ether oxygens (including phenoxy) is 4. The molecule has 0 bridgehead atoms. The molecule has 2 aromatic rings. The van der Waals surface area contributed by atoms with Gasteiger partial charge in [-0.25, -0.2) is 4.79 Å². The standard InChI is InChI=1S/C20H21F2NO6/c1-2-26-14-7-9-15(10-8-14)27-12-11-23-18(24)13-28-19(25)16-5-3-4-6-17(16)29-20(21)22/h3-10,20H,2,11-13H2,1H3,(H,23,24). The number of alkyl halides is 2. The molecule has 29 heavy (non-hydrogen) atoms. The minimum absolute atomic E-state index is 0.189. The summed E-state index contributed by atoms with van der Waals surface area (Å²) in [6.07, 6.45) is 0.